The van der Waals surface area contributed by atoms with Crippen molar-refractivity contribution in [1.29, 1.82) is 0 Å². The largest absolute Gasteiger partial charge is 0.396 e. The number of hydrogen-bond acceptors (Lipinski definition) is 3. The van der Waals surface area contributed by atoms with E-state index in [4.69, 9.17) is 5.73 Å². The first-order valence-corrected chi connectivity index (χ1v) is 5.71. The van der Waals surface area contributed by atoms with E-state index in [1.807, 2.05) is 0 Å². The molecule has 0 aliphatic carbocycles. The molecule has 0 aromatic heterocycles. The van der Waals surface area contributed by atoms with Crippen molar-refractivity contribution in [2.24, 2.45) is 0 Å². The Morgan fingerprint density at radius 2 is 1.94 bits per heavy atom. The van der Waals surface area contributed by atoms with E-state index in [0.29, 0.717) is 25.9 Å². The predicted molar refractivity (Wildman–Crippen MR) is 61.9 cm³/mol. The average Bonchev–Trinajstić information content (AvgIpc) is 2.34. The minimum Gasteiger partial charge on any atom is -0.396 e. The van der Waals surface area contributed by atoms with E-state index in [1.54, 1.807) is 0 Å². The number of aliphatic hydroxyl groups excluding tert-OH is 1. The average molecular weight is 256 g/mol. The van der Waals surface area contributed by atoms with Gasteiger partial charge in [0.1, 0.15) is 5.82 Å². The number of nitrogen functional groups attached to an aromatic ring is 1. The normalized spacial score (nSPS) is 16.9. The molecule has 1 aromatic carbocycles. The van der Waals surface area contributed by atoms with Gasteiger partial charge in [-0.1, -0.05) is 0 Å². The van der Waals surface area contributed by atoms with Gasteiger partial charge in [0.05, 0.1) is 17.4 Å². The highest BCUT2D eigenvalue weighted by molar-refractivity contribution is 5.95. The molecule has 6 heteroatoms. The fourth-order valence-corrected chi connectivity index (χ4v) is 2.01. The zero-order valence-corrected chi connectivity index (χ0v) is 9.70. The summed E-state index contributed by atoms with van der Waals surface area (Å²) in [5.41, 5.74) is 4.55. The molecule has 1 saturated heterocycles. The van der Waals surface area contributed by atoms with Gasteiger partial charge in [0.25, 0.3) is 5.91 Å². The number of anilines is 1. The maximum absolute atomic E-state index is 13.7. The van der Waals surface area contributed by atoms with Gasteiger partial charge in [-0.25, -0.2) is 8.78 Å². The number of aliphatic hydroxyl groups is 1. The Hall–Kier alpha value is -1.69. The summed E-state index contributed by atoms with van der Waals surface area (Å²) in [4.78, 5) is 13.4. The first kappa shape index (κ1) is 12.8. The van der Waals surface area contributed by atoms with Gasteiger partial charge < -0.3 is 15.7 Å². The van der Waals surface area contributed by atoms with Crippen molar-refractivity contribution in [2.75, 3.05) is 18.8 Å². The monoisotopic (exact) mass is 256 g/mol. The van der Waals surface area contributed by atoms with E-state index in [9.17, 15) is 18.7 Å². The molecule has 2 rings (SSSR count). The number of piperidine rings is 1. The molecule has 18 heavy (non-hydrogen) atoms. The number of carbonyl (C=O) groups is 1. The lowest BCUT2D eigenvalue weighted by atomic mass is 10.1. The van der Waals surface area contributed by atoms with Crippen LogP contribution in [0.25, 0.3) is 0 Å². The van der Waals surface area contributed by atoms with E-state index in [0.717, 1.165) is 12.1 Å². The standard InChI is InChI=1S/C12H14F2N2O2/c13-7-5-9(11(14)10(15)6-7)12(18)16-3-1-8(17)2-4-16/h5-6,8,17H,1-4,15H2. The van der Waals surface area contributed by atoms with E-state index in [2.05, 4.69) is 0 Å². The summed E-state index contributed by atoms with van der Waals surface area (Å²) in [5.74, 6) is -2.23. The highest BCUT2D eigenvalue weighted by atomic mass is 19.1. The van der Waals surface area contributed by atoms with Crippen LogP contribution in [-0.4, -0.2) is 35.1 Å². The number of halogens is 2. The van der Waals surface area contributed by atoms with Crippen LogP contribution in [-0.2, 0) is 0 Å². The third-order valence-electron chi connectivity index (χ3n) is 3.05. The van der Waals surface area contributed by atoms with Crippen LogP contribution in [0.1, 0.15) is 23.2 Å². The van der Waals surface area contributed by atoms with Crippen LogP contribution in [0.2, 0.25) is 0 Å². The van der Waals surface area contributed by atoms with Gasteiger partial charge in [0.15, 0.2) is 5.82 Å². The van der Waals surface area contributed by atoms with Crippen molar-refractivity contribution in [2.45, 2.75) is 18.9 Å². The zero-order valence-electron chi connectivity index (χ0n) is 9.70. The van der Waals surface area contributed by atoms with Crippen molar-refractivity contribution in [3.8, 4) is 0 Å². The smallest absolute Gasteiger partial charge is 0.257 e. The molecule has 0 bridgehead atoms. The number of hydrogen-bond donors (Lipinski definition) is 2. The lowest BCUT2D eigenvalue weighted by molar-refractivity contribution is 0.0542. The summed E-state index contributed by atoms with van der Waals surface area (Å²) in [6.07, 6.45) is 0.451. The van der Waals surface area contributed by atoms with Gasteiger partial charge in [-0.05, 0) is 25.0 Å². The molecule has 0 radical (unpaired) electrons. The molecule has 4 nitrogen and oxygen atoms in total. The Morgan fingerprint density at radius 3 is 2.56 bits per heavy atom. The molecular formula is C12H14F2N2O2. The van der Waals surface area contributed by atoms with Crippen LogP contribution in [0.3, 0.4) is 0 Å². The number of likely N-dealkylation sites (tertiary alicyclic amines) is 1. The van der Waals surface area contributed by atoms with Gasteiger partial charge in [0, 0.05) is 13.1 Å². The molecule has 1 aromatic rings. The summed E-state index contributed by atoms with van der Waals surface area (Å²) >= 11 is 0. The Balaban J connectivity index is 2.23. The molecule has 1 aliphatic rings. The Kier molecular flexibility index (Phi) is 3.47. The van der Waals surface area contributed by atoms with Gasteiger partial charge >= 0.3 is 0 Å². The van der Waals surface area contributed by atoms with Gasteiger partial charge in [-0.3, -0.25) is 4.79 Å². The van der Waals surface area contributed by atoms with Crippen LogP contribution < -0.4 is 5.73 Å². The predicted octanol–water partition coefficient (Wildman–Crippen LogP) is 1.14. The quantitative estimate of drug-likeness (QED) is 0.740. The number of carbonyl (C=O) groups excluding carboxylic acids is 1. The van der Waals surface area contributed by atoms with Gasteiger partial charge in [0.2, 0.25) is 0 Å². The highest BCUT2D eigenvalue weighted by Gasteiger charge is 2.25. The topological polar surface area (TPSA) is 66.6 Å². The van der Waals surface area contributed by atoms with Crippen LogP contribution in [0.5, 0.6) is 0 Å². The second kappa shape index (κ2) is 4.89. The molecule has 0 unspecified atom stereocenters. The number of rotatable bonds is 1. The van der Waals surface area contributed by atoms with Gasteiger partial charge in [-0.2, -0.15) is 0 Å². The number of nitrogens with two attached hydrogens (primary N) is 1. The molecule has 0 spiro atoms. The lowest BCUT2D eigenvalue weighted by Gasteiger charge is -2.29. The Labute approximate surface area is 103 Å². The summed E-state index contributed by atoms with van der Waals surface area (Å²) in [6, 6.07) is 1.69. The van der Waals surface area contributed by atoms with E-state index in [1.165, 1.54) is 4.90 Å². The fraction of sp³-hybridized carbons (Fsp3) is 0.417. The molecule has 0 saturated carbocycles. The molecular weight excluding hydrogens is 242 g/mol. The summed E-state index contributed by atoms with van der Waals surface area (Å²) < 4.78 is 26.8. The molecule has 1 fully saturated rings. The summed E-state index contributed by atoms with van der Waals surface area (Å²) in [5, 5.41) is 9.33. The molecule has 3 N–H and O–H groups in total. The minimum absolute atomic E-state index is 0.329. The first-order valence-electron chi connectivity index (χ1n) is 5.71. The maximum Gasteiger partial charge on any atom is 0.257 e. The SMILES string of the molecule is Nc1cc(F)cc(C(=O)N2CCC(O)CC2)c1F. The summed E-state index contributed by atoms with van der Waals surface area (Å²) in [6.45, 7) is 0.658. The van der Waals surface area contributed by atoms with Crippen molar-refractivity contribution < 1.29 is 18.7 Å². The van der Waals surface area contributed by atoms with Gasteiger partial charge in [-0.15, -0.1) is 0 Å². The second-order valence-electron chi connectivity index (χ2n) is 4.38. The molecule has 1 amide bonds. The van der Waals surface area contributed by atoms with Crippen LogP contribution in [0, 0.1) is 11.6 Å². The molecule has 1 heterocycles. The van der Waals surface area contributed by atoms with Crippen molar-refractivity contribution in [3.63, 3.8) is 0 Å². The first-order chi connectivity index (χ1) is 8.49. The van der Waals surface area contributed by atoms with Crippen molar-refractivity contribution in [1.82, 2.24) is 4.90 Å². The van der Waals surface area contributed by atoms with Crippen LogP contribution in [0.4, 0.5) is 14.5 Å². The van der Waals surface area contributed by atoms with Crippen LogP contribution >= 0.6 is 0 Å². The lowest BCUT2D eigenvalue weighted by Crippen LogP contribution is -2.40. The van der Waals surface area contributed by atoms with Crippen LogP contribution in [0.15, 0.2) is 12.1 Å². The van der Waals surface area contributed by atoms with Crippen molar-refractivity contribution >= 4 is 11.6 Å². The van der Waals surface area contributed by atoms with Crippen molar-refractivity contribution in [3.05, 3.63) is 29.3 Å². The number of benzene rings is 1. The summed E-state index contributed by atoms with van der Waals surface area (Å²) in [7, 11) is 0. The Morgan fingerprint density at radius 1 is 1.33 bits per heavy atom. The number of amides is 1. The van der Waals surface area contributed by atoms with E-state index >= 15 is 0 Å². The molecule has 98 valence electrons. The Bertz CT molecular complexity index is 471. The third kappa shape index (κ3) is 2.43. The minimum atomic E-state index is -0.896. The molecule has 0 atom stereocenters. The second-order valence-corrected chi connectivity index (χ2v) is 4.38. The van der Waals surface area contributed by atoms with E-state index < -0.39 is 23.6 Å². The fourth-order valence-electron chi connectivity index (χ4n) is 2.01. The third-order valence-corrected chi connectivity index (χ3v) is 3.05. The number of nitrogens with zero attached hydrogens (tertiary/aromatic N) is 1. The van der Waals surface area contributed by atoms with E-state index in [-0.39, 0.29) is 11.3 Å². The maximum atomic E-state index is 13.7. The zero-order chi connectivity index (χ0) is 13.3. The molecule has 1 aliphatic heterocycles. The highest BCUT2D eigenvalue weighted by Crippen LogP contribution is 2.21.